The molecule has 0 radical (unpaired) electrons. The molecule has 0 aliphatic carbocycles. The Bertz CT molecular complexity index is 1250. The lowest BCUT2D eigenvalue weighted by atomic mass is 10.0. The van der Waals surface area contributed by atoms with Gasteiger partial charge in [-0.2, -0.15) is 0 Å². The van der Waals surface area contributed by atoms with E-state index in [1.807, 2.05) is 54.3 Å². The molecule has 2 heterocycles. The molecule has 0 fully saturated rings. The molecule has 33 heavy (non-hydrogen) atoms. The number of carbonyl (C=O) groups excluding carboxylic acids is 1. The maximum atomic E-state index is 12.6. The van der Waals surface area contributed by atoms with Gasteiger partial charge in [-0.3, -0.25) is 14.3 Å². The molecule has 0 saturated carbocycles. The lowest BCUT2D eigenvalue weighted by molar-refractivity contribution is -0.115. The summed E-state index contributed by atoms with van der Waals surface area (Å²) in [6, 6.07) is 12.1. The third kappa shape index (κ3) is 4.96. The minimum atomic E-state index is -0.0475. The number of carbonyl (C=O) groups is 1. The fraction of sp³-hybridized carbons (Fsp3) is 0.240. The SMILES string of the molecule is COc1ccc(-n2ccnc2SCc2csc(N(C(C)=O)c3c(C)cc(C)cc3C)n2)cc1. The highest BCUT2D eigenvalue weighted by molar-refractivity contribution is 7.98. The Kier molecular flexibility index (Phi) is 6.85. The van der Waals surface area contributed by atoms with Crippen LogP contribution in [0.5, 0.6) is 5.75 Å². The normalized spacial score (nSPS) is 10.9. The number of hydrogen-bond donors (Lipinski definition) is 0. The number of aryl methyl sites for hydroxylation is 3. The number of methoxy groups -OCH3 is 1. The summed E-state index contributed by atoms with van der Waals surface area (Å²) in [5.41, 5.74) is 6.16. The Hall–Kier alpha value is -3.10. The number of aromatic nitrogens is 3. The predicted molar refractivity (Wildman–Crippen MR) is 135 cm³/mol. The van der Waals surface area contributed by atoms with E-state index in [2.05, 4.69) is 24.0 Å². The zero-order valence-corrected chi connectivity index (χ0v) is 21.0. The topological polar surface area (TPSA) is 60.2 Å². The number of hydrogen-bond acceptors (Lipinski definition) is 6. The van der Waals surface area contributed by atoms with E-state index >= 15 is 0 Å². The van der Waals surface area contributed by atoms with Crippen LogP contribution >= 0.6 is 23.1 Å². The Morgan fingerprint density at radius 2 is 1.85 bits per heavy atom. The van der Waals surface area contributed by atoms with Gasteiger partial charge in [0.05, 0.1) is 18.5 Å². The fourth-order valence-electron chi connectivity index (χ4n) is 3.85. The summed E-state index contributed by atoms with van der Waals surface area (Å²) < 4.78 is 7.29. The molecule has 2 aromatic carbocycles. The lowest BCUT2D eigenvalue weighted by Gasteiger charge is -2.23. The van der Waals surface area contributed by atoms with E-state index in [0.717, 1.165) is 39.1 Å². The molecule has 0 atom stereocenters. The molecule has 0 bridgehead atoms. The van der Waals surface area contributed by atoms with Gasteiger partial charge in [0.15, 0.2) is 10.3 Å². The van der Waals surface area contributed by atoms with Gasteiger partial charge in [0.25, 0.3) is 0 Å². The van der Waals surface area contributed by atoms with Crippen LogP contribution in [0.4, 0.5) is 10.8 Å². The van der Waals surface area contributed by atoms with Crippen molar-refractivity contribution < 1.29 is 9.53 Å². The minimum absolute atomic E-state index is 0.0475. The van der Waals surface area contributed by atoms with Crippen LogP contribution in [-0.2, 0) is 10.5 Å². The summed E-state index contributed by atoms with van der Waals surface area (Å²) in [6.07, 6.45) is 3.73. The summed E-state index contributed by atoms with van der Waals surface area (Å²) in [7, 11) is 1.66. The van der Waals surface area contributed by atoms with Gasteiger partial charge in [0, 0.05) is 36.1 Å². The summed E-state index contributed by atoms with van der Waals surface area (Å²) in [5.74, 6) is 1.42. The van der Waals surface area contributed by atoms with Crippen molar-refractivity contribution in [1.29, 1.82) is 0 Å². The summed E-state index contributed by atoms with van der Waals surface area (Å²) in [5, 5.41) is 3.58. The average Bonchev–Trinajstić information content (AvgIpc) is 3.44. The van der Waals surface area contributed by atoms with Crippen molar-refractivity contribution >= 4 is 39.8 Å². The first-order chi connectivity index (χ1) is 15.9. The molecule has 8 heteroatoms. The monoisotopic (exact) mass is 478 g/mol. The van der Waals surface area contributed by atoms with Gasteiger partial charge in [-0.05, 0) is 56.2 Å². The predicted octanol–water partition coefficient (Wildman–Crippen LogP) is 6.24. The quantitative estimate of drug-likeness (QED) is 0.294. The highest BCUT2D eigenvalue weighted by Gasteiger charge is 2.22. The molecule has 0 unspecified atom stereocenters. The van der Waals surface area contributed by atoms with E-state index < -0.39 is 0 Å². The first kappa shape index (κ1) is 23.1. The smallest absolute Gasteiger partial charge is 0.230 e. The van der Waals surface area contributed by atoms with Crippen LogP contribution in [0, 0.1) is 20.8 Å². The van der Waals surface area contributed by atoms with Crippen LogP contribution in [0.1, 0.15) is 29.3 Å². The van der Waals surface area contributed by atoms with E-state index in [4.69, 9.17) is 9.72 Å². The average molecular weight is 479 g/mol. The summed E-state index contributed by atoms with van der Waals surface area (Å²) in [4.78, 5) is 23.6. The van der Waals surface area contributed by atoms with Gasteiger partial charge in [0.2, 0.25) is 5.91 Å². The first-order valence-electron chi connectivity index (χ1n) is 10.5. The molecule has 170 valence electrons. The van der Waals surface area contributed by atoms with Crippen molar-refractivity contribution in [2.75, 3.05) is 12.0 Å². The summed E-state index contributed by atoms with van der Waals surface area (Å²) in [6.45, 7) is 7.72. The van der Waals surface area contributed by atoms with E-state index in [9.17, 15) is 4.79 Å². The van der Waals surface area contributed by atoms with E-state index in [1.165, 1.54) is 16.9 Å². The van der Waals surface area contributed by atoms with Crippen LogP contribution in [0.25, 0.3) is 5.69 Å². The fourth-order valence-corrected chi connectivity index (χ4v) is 5.70. The molecule has 0 spiro atoms. The number of thioether (sulfide) groups is 1. The first-order valence-corrected chi connectivity index (χ1v) is 12.4. The van der Waals surface area contributed by atoms with E-state index in [-0.39, 0.29) is 5.91 Å². The Morgan fingerprint density at radius 1 is 1.15 bits per heavy atom. The van der Waals surface area contributed by atoms with Gasteiger partial charge in [-0.25, -0.2) is 9.97 Å². The maximum absolute atomic E-state index is 12.6. The van der Waals surface area contributed by atoms with Gasteiger partial charge in [0.1, 0.15) is 5.75 Å². The highest BCUT2D eigenvalue weighted by Crippen LogP contribution is 2.35. The molecule has 6 nitrogen and oxygen atoms in total. The highest BCUT2D eigenvalue weighted by atomic mass is 32.2. The number of imidazole rings is 1. The molecule has 0 aliphatic rings. The van der Waals surface area contributed by atoms with Crippen molar-refractivity contribution in [2.45, 2.75) is 38.6 Å². The van der Waals surface area contributed by atoms with Crippen LogP contribution < -0.4 is 9.64 Å². The molecule has 4 rings (SSSR count). The molecular formula is C25H26N4O2S2. The number of thiazole rings is 1. The van der Waals surface area contributed by atoms with Crippen molar-refractivity contribution in [2.24, 2.45) is 0 Å². The van der Waals surface area contributed by atoms with Gasteiger partial charge >= 0.3 is 0 Å². The summed E-state index contributed by atoms with van der Waals surface area (Å²) >= 11 is 3.09. The Balaban J connectivity index is 1.54. The van der Waals surface area contributed by atoms with Gasteiger partial charge in [-0.1, -0.05) is 29.5 Å². The van der Waals surface area contributed by atoms with Crippen LogP contribution in [0.15, 0.2) is 59.3 Å². The standard InChI is InChI=1S/C25H26N4O2S2/c1-16-12-17(2)23(18(3)13-16)29(19(4)30)25-27-20(15-33-25)14-32-24-26-10-11-28(24)21-6-8-22(31-5)9-7-21/h6-13,15H,14H2,1-5H3. The number of nitrogens with zero attached hydrogens (tertiary/aromatic N) is 4. The number of rotatable bonds is 7. The molecular weight excluding hydrogens is 452 g/mol. The molecule has 4 aromatic rings. The van der Waals surface area contributed by atoms with Gasteiger partial charge in [-0.15, -0.1) is 11.3 Å². The largest absolute Gasteiger partial charge is 0.497 e. The number of anilines is 2. The lowest BCUT2D eigenvalue weighted by Crippen LogP contribution is -2.24. The molecule has 0 saturated heterocycles. The van der Waals surface area contributed by atoms with Crippen molar-refractivity contribution in [3.05, 3.63) is 76.6 Å². The zero-order valence-electron chi connectivity index (χ0n) is 19.3. The van der Waals surface area contributed by atoms with Gasteiger partial charge < -0.3 is 4.74 Å². The van der Waals surface area contributed by atoms with Crippen molar-refractivity contribution in [1.82, 2.24) is 14.5 Å². The number of amides is 1. The Morgan fingerprint density at radius 3 is 2.48 bits per heavy atom. The maximum Gasteiger partial charge on any atom is 0.230 e. The van der Waals surface area contributed by atoms with E-state index in [0.29, 0.717) is 10.9 Å². The molecule has 0 N–H and O–H groups in total. The third-order valence-corrected chi connectivity index (χ3v) is 7.09. The second-order valence-corrected chi connectivity index (χ2v) is 9.57. The number of benzene rings is 2. The van der Waals surface area contributed by atoms with Crippen LogP contribution in [-0.4, -0.2) is 27.6 Å². The number of ether oxygens (including phenoxy) is 1. The third-order valence-electron chi connectivity index (χ3n) is 5.21. The second-order valence-electron chi connectivity index (χ2n) is 7.79. The van der Waals surface area contributed by atoms with Crippen LogP contribution in [0.2, 0.25) is 0 Å². The second kappa shape index (κ2) is 9.80. The molecule has 2 aromatic heterocycles. The minimum Gasteiger partial charge on any atom is -0.497 e. The molecule has 0 aliphatic heterocycles. The Labute approximate surface area is 202 Å². The molecule has 1 amide bonds. The zero-order chi connectivity index (χ0) is 23.5. The van der Waals surface area contributed by atoms with Crippen molar-refractivity contribution in [3.8, 4) is 11.4 Å². The van der Waals surface area contributed by atoms with Crippen LogP contribution in [0.3, 0.4) is 0 Å². The van der Waals surface area contributed by atoms with Crippen molar-refractivity contribution in [3.63, 3.8) is 0 Å². The van der Waals surface area contributed by atoms with E-state index in [1.54, 1.807) is 36.9 Å².